The summed E-state index contributed by atoms with van der Waals surface area (Å²) in [4.78, 5) is 22.4. The number of carboxylic acid groups (broad SMARTS) is 1. The first-order valence-electron chi connectivity index (χ1n) is 7.86. The largest absolute Gasteiger partial charge is 0.481 e. The molecule has 0 unspecified atom stereocenters. The highest BCUT2D eigenvalue weighted by atomic mass is 16.6. The maximum Gasteiger partial charge on any atom is 0.407 e. The smallest absolute Gasteiger partial charge is 0.407 e. The number of carbonyl (C=O) groups excluding carboxylic acids is 1. The normalized spacial score (nSPS) is 13.0. The number of amides is 1. The second-order valence-corrected chi connectivity index (χ2v) is 6.94. The molecular weight excluding hydrogens is 286 g/mol. The summed E-state index contributed by atoms with van der Waals surface area (Å²) in [5.41, 5.74) is -0.537. The molecule has 0 radical (unpaired) electrons. The van der Waals surface area contributed by atoms with E-state index >= 15 is 0 Å². The third-order valence-corrected chi connectivity index (χ3v) is 2.88. The molecule has 0 bridgehead atoms. The third kappa shape index (κ3) is 13.7. The van der Waals surface area contributed by atoms with Gasteiger partial charge in [0.25, 0.3) is 0 Å². The molecule has 0 aliphatic rings. The average Bonchev–Trinajstić information content (AvgIpc) is 2.30. The Hall–Kier alpha value is -1.30. The van der Waals surface area contributed by atoms with E-state index in [1.165, 1.54) is 0 Å². The molecule has 0 heterocycles. The van der Waals surface area contributed by atoms with E-state index in [0.29, 0.717) is 32.1 Å². The summed E-state index contributed by atoms with van der Waals surface area (Å²) in [6.07, 6.45) is 1.06. The summed E-state index contributed by atoms with van der Waals surface area (Å²) in [6.45, 7) is 11.0. The Labute approximate surface area is 133 Å². The zero-order valence-corrected chi connectivity index (χ0v) is 14.5. The molecule has 0 aromatic rings. The first-order chi connectivity index (χ1) is 10.1. The van der Waals surface area contributed by atoms with Crippen LogP contribution in [0.15, 0.2) is 0 Å². The topological polar surface area (TPSA) is 84.9 Å². The van der Waals surface area contributed by atoms with Crippen molar-refractivity contribution in [2.45, 2.75) is 59.5 Å². The quantitative estimate of drug-likeness (QED) is 0.605. The molecule has 0 aromatic heterocycles. The molecule has 0 aromatic carbocycles. The molecule has 0 aliphatic carbocycles. The molecule has 0 saturated heterocycles. The van der Waals surface area contributed by atoms with Crippen LogP contribution < -0.4 is 5.32 Å². The molecule has 0 spiro atoms. The maximum absolute atomic E-state index is 11.5. The number of ether oxygens (including phenoxy) is 2. The molecule has 1 amide bonds. The second kappa shape index (κ2) is 10.4. The Kier molecular flexibility index (Phi) is 9.81. The van der Waals surface area contributed by atoms with Gasteiger partial charge in [-0.2, -0.15) is 0 Å². The maximum atomic E-state index is 11.5. The van der Waals surface area contributed by atoms with E-state index in [-0.39, 0.29) is 12.3 Å². The second-order valence-electron chi connectivity index (χ2n) is 6.94. The summed E-state index contributed by atoms with van der Waals surface area (Å²) in [5, 5.41) is 11.6. The number of hydrogen-bond acceptors (Lipinski definition) is 4. The van der Waals surface area contributed by atoms with Crippen molar-refractivity contribution < 1.29 is 24.2 Å². The predicted molar refractivity (Wildman–Crippen MR) is 84.9 cm³/mol. The van der Waals surface area contributed by atoms with E-state index in [2.05, 4.69) is 19.2 Å². The molecule has 0 saturated carbocycles. The van der Waals surface area contributed by atoms with Gasteiger partial charge in [0.1, 0.15) is 5.60 Å². The molecule has 2 N–H and O–H groups in total. The van der Waals surface area contributed by atoms with E-state index < -0.39 is 17.7 Å². The molecule has 6 nitrogen and oxygen atoms in total. The van der Waals surface area contributed by atoms with Gasteiger partial charge in [-0.15, -0.1) is 0 Å². The van der Waals surface area contributed by atoms with Crippen LogP contribution in [0.2, 0.25) is 0 Å². The number of hydrogen-bond donors (Lipinski definition) is 2. The summed E-state index contributed by atoms with van der Waals surface area (Å²) in [6, 6.07) is 0. The number of carbonyl (C=O) groups is 2. The molecule has 130 valence electrons. The Bertz CT molecular complexity index is 336. The van der Waals surface area contributed by atoms with Crippen molar-refractivity contribution in [3.63, 3.8) is 0 Å². The summed E-state index contributed by atoms with van der Waals surface area (Å²) < 4.78 is 10.7. The zero-order chi connectivity index (χ0) is 17.2. The van der Waals surface area contributed by atoms with Gasteiger partial charge < -0.3 is 19.9 Å². The van der Waals surface area contributed by atoms with E-state index in [4.69, 9.17) is 14.6 Å². The summed E-state index contributed by atoms with van der Waals surface area (Å²) in [7, 11) is 0. The Balaban J connectivity index is 4.03. The predicted octanol–water partition coefficient (Wildman–Crippen LogP) is 3.05. The Morgan fingerprint density at radius 1 is 1.18 bits per heavy atom. The van der Waals surface area contributed by atoms with Crippen LogP contribution in [0.4, 0.5) is 4.79 Å². The van der Waals surface area contributed by atoms with Crippen molar-refractivity contribution in [1.29, 1.82) is 0 Å². The van der Waals surface area contributed by atoms with Crippen LogP contribution in [0.5, 0.6) is 0 Å². The lowest BCUT2D eigenvalue weighted by Crippen LogP contribution is -2.34. The molecular formula is C16H31NO5. The van der Waals surface area contributed by atoms with Crippen LogP contribution >= 0.6 is 0 Å². The molecule has 0 fully saturated rings. The lowest BCUT2D eigenvalue weighted by Gasteiger charge is -2.20. The highest BCUT2D eigenvalue weighted by Crippen LogP contribution is 2.11. The fraction of sp³-hybridized carbons (Fsp3) is 0.875. The molecule has 1 atom stereocenters. The van der Waals surface area contributed by atoms with Gasteiger partial charge in [-0.05, 0) is 45.4 Å². The van der Waals surface area contributed by atoms with Gasteiger partial charge in [0.15, 0.2) is 0 Å². The average molecular weight is 317 g/mol. The number of rotatable bonds is 10. The fourth-order valence-corrected chi connectivity index (χ4v) is 1.75. The minimum absolute atomic E-state index is 0.0394. The van der Waals surface area contributed by atoms with E-state index in [1.807, 2.05) is 0 Å². The van der Waals surface area contributed by atoms with Crippen LogP contribution in [0, 0.1) is 11.8 Å². The Morgan fingerprint density at radius 3 is 2.32 bits per heavy atom. The van der Waals surface area contributed by atoms with Gasteiger partial charge in [0.05, 0.1) is 13.0 Å². The van der Waals surface area contributed by atoms with E-state index in [0.717, 1.165) is 6.42 Å². The summed E-state index contributed by atoms with van der Waals surface area (Å²) in [5.74, 6) is -0.402. The van der Waals surface area contributed by atoms with E-state index in [9.17, 15) is 9.59 Å². The molecule has 0 aliphatic heterocycles. The lowest BCUT2D eigenvalue weighted by molar-refractivity contribution is -0.138. The zero-order valence-electron chi connectivity index (χ0n) is 14.5. The number of carboxylic acids is 1. The van der Waals surface area contributed by atoms with Gasteiger partial charge >= 0.3 is 12.1 Å². The van der Waals surface area contributed by atoms with Crippen LogP contribution in [-0.2, 0) is 14.3 Å². The third-order valence-electron chi connectivity index (χ3n) is 2.88. The van der Waals surface area contributed by atoms with Crippen LogP contribution in [-0.4, -0.2) is 42.5 Å². The molecule has 0 rings (SSSR count). The monoisotopic (exact) mass is 317 g/mol. The van der Waals surface area contributed by atoms with Crippen molar-refractivity contribution in [1.82, 2.24) is 5.32 Å². The number of alkyl carbamates (subject to hydrolysis) is 1. The minimum atomic E-state index is -0.852. The van der Waals surface area contributed by atoms with Crippen molar-refractivity contribution in [3.05, 3.63) is 0 Å². The SMILES string of the molecule is CC(C)CCOC[C@H](CCNC(=O)OC(C)(C)C)CC(=O)O. The van der Waals surface area contributed by atoms with Crippen molar-refractivity contribution in [3.8, 4) is 0 Å². The fourth-order valence-electron chi connectivity index (χ4n) is 1.75. The number of aliphatic carboxylic acids is 1. The first kappa shape index (κ1) is 20.7. The molecule has 22 heavy (non-hydrogen) atoms. The summed E-state index contributed by atoms with van der Waals surface area (Å²) >= 11 is 0. The standard InChI is InChI=1S/C16H31NO5/c1-12(2)7-9-21-11-13(10-14(18)19)6-8-17-15(20)22-16(3,4)5/h12-13H,6-11H2,1-5H3,(H,17,20)(H,18,19)/t13-/m1/s1. The minimum Gasteiger partial charge on any atom is -0.481 e. The van der Waals surface area contributed by atoms with Gasteiger partial charge in [0, 0.05) is 13.2 Å². The van der Waals surface area contributed by atoms with Crippen molar-refractivity contribution >= 4 is 12.1 Å². The van der Waals surface area contributed by atoms with Crippen LogP contribution in [0.25, 0.3) is 0 Å². The van der Waals surface area contributed by atoms with Gasteiger partial charge in [0.2, 0.25) is 0 Å². The van der Waals surface area contributed by atoms with Gasteiger partial charge in [-0.3, -0.25) is 4.79 Å². The molecule has 6 heteroatoms. The first-order valence-corrected chi connectivity index (χ1v) is 7.86. The van der Waals surface area contributed by atoms with Crippen molar-refractivity contribution in [2.24, 2.45) is 11.8 Å². The highest BCUT2D eigenvalue weighted by molar-refractivity contribution is 5.68. The van der Waals surface area contributed by atoms with Crippen LogP contribution in [0.3, 0.4) is 0 Å². The Morgan fingerprint density at radius 2 is 1.82 bits per heavy atom. The van der Waals surface area contributed by atoms with Crippen molar-refractivity contribution in [2.75, 3.05) is 19.8 Å². The van der Waals surface area contributed by atoms with E-state index in [1.54, 1.807) is 20.8 Å². The van der Waals surface area contributed by atoms with Crippen LogP contribution in [0.1, 0.15) is 53.9 Å². The van der Waals surface area contributed by atoms with Gasteiger partial charge in [-0.1, -0.05) is 13.8 Å². The lowest BCUT2D eigenvalue weighted by atomic mass is 10.0. The highest BCUT2D eigenvalue weighted by Gasteiger charge is 2.17. The van der Waals surface area contributed by atoms with Gasteiger partial charge in [-0.25, -0.2) is 4.79 Å². The number of nitrogens with one attached hydrogen (secondary N) is 1.